The number of nitrogens with one attached hydrogen (secondary N) is 1. The van der Waals surface area contributed by atoms with Crippen LogP contribution >= 0.6 is 0 Å². The Kier molecular flexibility index (Phi) is 7.61. The summed E-state index contributed by atoms with van der Waals surface area (Å²) in [5, 5.41) is 2.69. The normalized spacial score (nSPS) is 14.8. The number of benzene rings is 1. The number of anilines is 2. The minimum atomic E-state index is -0.962. The molecule has 0 atom stereocenters. The molecular formula is C28H32F2N4O4. The Morgan fingerprint density at radius 2 is 1.84 bits per heavy atom. The van der Waals surface area contributed by atoms with Crippen molar-refractivity contribution in [3.05, 3.63) is 59.6 Å². The zero-order valence-electron chi connectivity index (χ0n) is 22.0. The maximum Gasteiger partial charge on any atom is 0.238 e. The van der Waals surface area contributed by atoms with Gasteiger partial charge in [-0.1, -0.05) is 13.8 Å². The molecule has 0 radical (unpaired) electrons. The summed E-state index contributed by atoms with van der Waals surface area (Å²) in [5.74, 6) is -2.91. The highest BCUT2D eigenvalue weighted by Crippen LogP contribution is 2.55. The van der Waals surface area contributed by atoms with Crippen molar-refractivity contribution in [1.29, 1.82) is 0 Å². The molecule has 2 aromatic heterocycles. The molecule has 202 valence electrons. The Bertz CT molecular complexity index is 1400. The van der Waals surface area contributed by atoms with Crippen LogP contribution < -0.4 is 19.7 Å². The highest BCUT2D eigenvalue weighted by atomic mass is 19.1. The second-order valence-corrected chi connectivity index (χ2v) is 8.83. The molecule has 1 fully saturated rings. The number of aromatic nitrogens is 2. The number of hydrogen-bond donors (Lipinski definition) is 1. The molecule has 2 amide bonds. The first-order valence-electron chi connectivity index (χ1n) is 12.5. The van der Waals surface area contributed by atoms with Crippen molar-refractivity contribution in [2.75, 3.05) is 23.9 Å². The number of carbonyl (C=O) groups excluding carboxylic acids is 2. The minimum absolute atomic E-state index is 0. The van der Waals surface area contributed by atoms with Crippen LogP contribution in [0.4, 0.5) is 20.2 Å². The van der Waals surface area contributed by atoms with Gasteiger partial charge in [0.05, 0.1) is 43.3 Å². The van der Waals surface area contributed by atoms with Gasteiger partial charge in [0.25, 0.3) is 0 Å². The summed E-state index contributed by atoms with van der Waals surface area (Å²) < 4.78 is 41.1. The van der Waals surface area contributed by atoms with Gasteiger partial charge in [-0.3, -0.25) is 19.6 Å². The lowest BCUT2D eigenvalue weighted by Crippen LogP contribution is -2.45. The molecule has 1 aliphatic heterocycles. The van der Waals surface area contributed by atoms with E-state index in [1.165, 1.54) is 20.2 Å². The lowest BCUT2D eigenvalue weighted by atomic mass is 9.86. The Morgan fingerprint density at radius 1 is 1.13 bits per heavy atom. The predicted molar refractivity (Wildman–Crippen MR) is 141 cm³/mol. The summed E-state index contributed by atoms with van der Waals surface area (Å²) in [4.78, 5) is 34.9. The van der Waals surface area contributed by atoms with Crippen LogP contribution in [0.2, 0.25) is 0 Å². The largest absolute Gasteiger partial charge is 0.493 e. The summed E-state index contributed by atoms with van der Waals surface area (Å²) >= 11 is 0. The van der Waals surface area contributed by atoms with E-state index >= 15 is 8.78 Å². The third-order valence-electron chi connectivity index (χ3n) is 6.49. The summed E-state index contributed by atoms with van der Waals surface area (Å²) in [6.07, 6.45) is 5.87. The van der Waals surface area contributed by atoms with Crippen molar-refractivity contribution < 1.29 is 29.3 Å². The summed E-state index contributed by atoms with van der Waals surface area (Å²) in [7, 11) is 1.27. The van der Waals surface area contributed by atoms with Crippen LogP contribution in [-0.4, -0.2) is 35.5 Å². The van der Waals surface area contributed by atoms with E-state index in [1.54, 1.807) is 25.4 Å². The fraction of sp³-hybridized carbons (Fsp3) is 0.357. The fourth-order valence-corrected chi connectivity index (χ4v) is 4.69. The molecule has 1 saturated carbocycles. The quantitative estimate of drug-likeness (QED) is 0.447. The number of methoxy groups -OCH3 is 1. The van der Waals surface area contributed by atoms with Gasteiger partial charge in [-0.05, 0) is 43.0 Å². The van der Waals surface area contributed by atoms with Crippen molar-refractivity contribution >= 4 is 23.2 Å². The van der Waals surface area contributed by atoms with Gasteiger partial charge >= 0.3 is 0 Å². The van der Waals surface area contributed by atoms with Crippen LogP contribution in [0, 0.1) is 11.6 Å². The molecule has 38 heavy (non-hydrogen) atoms. The van der Waals surface area contributed by atoms with Gasteiger partial charge in [0.1, 0.15) is 5.69 Å². The summed E-state index contributed by atoms with van der Waals surface area (Å²) in [5.41, 5.74) is 1.88. The number of carbonyl (C=O) groups is 2. The van der Waals surface area contributed by atoms with E-state index in [0.29, 0.717) is 35.3 Å². The van der Waals surface area contributed by atoms with Gasteiger partial charge in [0.2, 0.25) is 11.8 Å². The SMILES string of the molecule is CC.CCOc1cc(OC)c(F)c(N2Cc3cnc(-c4cncc(NC(C)=O)c4)cc3C3(CC3)C2=O)c1F.[HH]. The third kappa shape index (κ3) is 4.66. The minimum Gasteiger partial charge on any atom is -0.493 e. The van der Waals surface area contributed by atoms with Crippen LogP contribution in [-0.2, 0) is 21.5 Å². The van der Waals surface area contributed by atoms with Crippen molar-refractivity contribution in [3.8, 4) is 22.8 Å². The van der Waals surface area contributed by atoms with E-state index in [0.717, 1.165) is 16.5 Å². The van der Waals surface area contributed by atoms with E-state index in [4.69, 9.17) is 9.47 Å². The van der Waals surface area contributed by atoms with E-state index in [-0.39, 0.29) is 37.9 Å². The first-order chi connectivity index (χ1) is 18.3. The average molecular weight is 527 g/mol. The molecule has 1 spiro atoms. The first kappa shape index (κ1) is 27.0. The first-order valence-corrected chi connectivity index (χ1v) is 12.5. The zero-order valence-corrected chi connectivity index (χ0v) is 22.0. The number of rotatable bonds is 6. The molecule has 2 aliphatic rings. The van der Waals surface area contributed by atoms with Gasteiger partial charge < -0.3 is 19.7 Å². The smallest absolute Gasteiger partial charge is 0.238 e. The maximum absolute atomic E-state index is 15.4. The molecule has 0 unspecified atom stereocenters. The van der Waals surface area contributed by atoms with Crippen LogP contribution in [0.5, 0.6) is 11.5 Å². The van der Waals surface area contributed by atoms with Crippen LogP contribution in [0.3, 0.4) is 0 Å². The molecule has 5 rings (SSSR count). The number of fused-ring (bicyclic) bond motifs is 2. The van der Waals surface area contributed by atoms with Gasteiger partial charge in [-0.15, -0.1) is 0 Å². The number of ether oxygens (including phenoxy) is 2. The van der Waals surface area contributed by atoms with Crippen LogP contribution in [0.25, 0.3) is 11.3 Å². The standard InChI is InChI=1S/C26H24F2N4O4.C2H6.H2/c1-4-36-21-9-20(35-3)22(27)24(23(21)28)32-13-16-11-30-19(8-18(16)26(5-6-26)25(32)34)15-7-17(12-29-10-15)31-14(2)33;1-2;/h7-12H,4-6,13H2,1-3H3,(H,31,33);1-2H3;1H. The van der Waals surface area contributed by atoms with Gasteiger partial charge in [-0.25, -0.2) is 8.78 Å². The van der Waals surface area contributed by atoms with E-state index in [2.05, 4.69) is 15.3 Å². The molecule has 3 aromatic rings. The highest BCUT2D eigenvalue weighted by molar-refractivity contribution is 6.05. The van der Waals surface area contributed by atoms with Gasteiger partial charge in [0.15, 0.2) is 23.1 Å². The molecule has 1 aliphatic carbocycles. The van der Waals surface area contributed by atoms with Crippen LogP contribution in [0.15, 0.2) is 36.8 Å². The predicted octanol–water partition coefficient (Wildman–Crippen LogP) is 5.64. The van der Waals surface area contributed by atoms with Crippen molar-refractivity contribution in [2.45, 2.75) is 52.5 Å². The Hall–Kier alpha value is -4.08. The number of pyridine rings is 2. The molecule has 10 heteroatoms. The molecule has 1 N–H and O–H groups in total. The van der Waals surface area contributed by atoms with Crippen molar-refractivity contribution in [3.63, 3.8) is 0 Å². The van der Waals surface area contributed by atoms with Crippen LogP contribution in [0.1, 0.15) is 53.1 Å². The molecule has 3 heterocycles. The second-order valence-electron chi connectivity index (χ2n) is 8.83. The second kappa shape index (κ2) is 10.7. The van der Waals surface area contributed by atoms with E-state index in [1.807, 2.05) is 19.9 Å². The van der Waals surface area contributed by atoms with Crippen molar-refractivity contribution in [1.82, 2.24) is 9.97 Å². The molecular weight excluding hydrogens is 494 g/mol. The van der Waals surface area contributed by atoms with Crippen molar-refractivity contribution in [2.24, 2.45) is 0 Å². The molecule has 1 aromatic carbocycles. The monoisotopic (exact) mass is 526 g/mol. The van der Waals surface area contributed by atoms with E-state index < -0.39 is 22.7 Å². The molecule has 8 nitrogen and oxygen atoms in total. The Labute approximate surface area is 221 Å². The topological polar surface area (TPSA) is 93.7 Å². The lowest BCUT2D eigenvalue weighted by molar-refractivity contribution is -0.121. The van der Waals surface area contributed by atoms with Gasteiger partial charge in [-0.2, -0.15) is 0 Å². The number of nitrogens with zero attached hydrogens (tertiary/aromatic N) is 3. The number of halogens is 2. The number of amides is 2. The third-order valence-corrected chi connectivity index (χ3v) is 6.49. The number of hydrogen-bond acceptors (Lipinski definition) is 6. The average Bonchev–Trinajstić information content (AvgIpc) is 3.71. The molecule has 0 bridgehead atoms. The Morgan fingerprint density at radius 3 is 2.47 bits per heavy atom. The van der Waals surface area contributed by atoms with Gasteiger partial charge in [0, 0.05) is 32.4 Å². The highest BCUT2D eigenvalue weighted by Gasteiger charge is 2.57. The fourth-order valence-electron chi connectivity index (χ4n) is 4.69. The zero-order chi connectivity index (χ0) is 27.6. The lowest BCUT2D eigenvalue weighted by Gasteiger charge is -2.35. The Balaban J connectivity index is 0.00000137. The summed E-state index contributed by atoms with van der Waals surface area (Å²) in [6, 6.07) is 4.72. The maximum atomic E-state index is 15.4. The summed E-state index contributed by atoms with van der Waals surface area (Å²) in [6.45, 7) is 7.20. The van der Waals surface area contributed by atoms with E-state index in [9.17, 15) is 9.59 Å². The molecule has 0 saturated heterocycles.